The van der Waals surface area contributed by atoms with Gasteiger partial charge in [0.15, 0.2) is 11.6 Å². The van der Waals surface area contributed by atoms with Gasteiger partial charge >= 0.3 is 0 Å². The fourth-order valence-corrected chi connectivity index (χ4v) is 10.3. The van der Waals surface area contributed by atoms with Crippen LogP contribution in [0.5, 0.6) is 0 Å². The van der Waals surface area contributed by atoms with Crippen LogP contribution in [0.3, 0.4) is 0 Å². The molecule has 7 unspecified atom stereocenters. The van der Waals surface area contributed by atoms with Gasteiger partial charge in [0.1, 0.15) is 6.07 Å². The number of nitrogens with one attached hydrogen (secondary N) is 1. The highest BCUT2D eigenvalue weighted by Gasteiger charge is 2.65. The second-order valence-corrected chi connectivity index (χ2v) is 15.4. The Balaban J connectivity index is 1.57. The van der Waals surface area contributed by atoms with Gasteiger partial charge in [0, 0.05) is 23.2 Å². The molecule has 0 radical (unpaired) electrons. The fraction of sp³-hybridized carbons (Fsp3) is 0.758. The summed E-state index contributed by atoms with van der Waals surface area (Å²) in [5, 5.41) is 12.3. The largest absolute Gasteiger partial charge is 0.350 e. The maximum absolute atomic E-state index is 14.3. The van der Waals surface area contributed by atoms with Crippen LogP contribution in [0.1, 0.15) is 92.9 Å². The third-order valence-electron chi connectivity index (χ3n) is 12.2. The van der Waals surface area contributed by atoms with Crippen LogP contribution in [0.4, 0.5) is 8.78 Å². The second kappa shape index (κ2) is 9.33. The summed E-state index contributed by atoms with van der Waals surface area (Å²) in [5.74, 6) is -0.459. The molecular weight excluding hydrogens is 510 g/mol. The molecule has 3 fully saturated rings. The van der Waals surface area contributed by atoms with Gasteiger partial charge < -0.3 is 5.32 Å². The first-order chi connectivity index (χ1) is 18.5. The highest BCUT2D eigenvalue weighted by molar-refractivity contribution is 6.04. The monoisotopic (exact) mass is 554 g/mol. The molecule has 5 aliphatic carbocycles. The fourth-order valence-electron chi connectivity index (χ4n) is 10.3. The molecule has 7 heteroatoms. The molecule has 40 heavy (non-hydrogen) atoms. The zero-order chi connectivity index (χ0) is 29.5. The van der Waals surface area contributed by atoms with E-state index in [1.54, 1.807) is 0 Å². The van der Waals surface area contributed by atoms with E-state index in [0.29, 0.717) is 0 Å². The van der Waals surface area contributed by atoms with E-state index in [1.807, 2.05) is 26.0 Å². The SMILES string of the molecule is CC1(C)CCC2(CC(=O)NCC(F)F)CCC3C(C(=O)C=C4C5(C)C=C(C#N)C(=O)C(C)(C)C5CCC43C)C2C1. The summed E-state index contributed by atoms with van der Waals surface area (Å²) >= 11 is 0. The number of allylic oxidation sites excluding steroid dienone is 4. The first kappa shape index (κ1) is 29.1. The summed E-state index contributed by atoms with van der Waals surface area (Å²) in [5.41, 5.74) is -0.605. The molecule has 3 saturated carbocycles. The van der Waals surface area contributed by atoms with E-state index in [-0.39, 0.29) is 69.4 Å². The Morgan fingerprint density at radius 3 is 2.40 bits per heavy atom. The quantitative estimate of drug-likeness (QED) is 0.425. The van der Waals surface area contributed by atoms with Gasteiger partial charge in [0.2, 0.25) is 5.91 Å². The number of ketones is 2. The van der Waals surface area contributed by atoms with Crippen LogP contribution >= 0.6 is 0 Å². The Morgan fingerprint density at radius 2 is 1.75 bits per heavy atom. The van der Waals surface area contributed by atoms with Gasteiger partial charge in [-0.2, -0.15) is 5.26 Å². The van der Waals surface area contributed by atoms with E-state index in [9.17, 15) is 28.4 Å². The molecule has 0 saturated heterocycles. The lowest BCUT2D eigenvalue weighted by Crippen LogP contribution is -2.61. The number of nitrogens with zero attached hydrogens (tertiary/aromatic N) is 1. The molecule has 1 N–H and O–H groups in total. The number of hydrogen-bond acceptors (Lipinski definition) is 4. The molecule has 0 aromatic rings. The molecule has 0 aromatic heterocycles. The van der Waals surface area contributed by atoms with Crippen molar-refractivity contribution in [3.63, 3.8) is 0 Å². The second-order valence-electron chi connectivity index (χ2n) is 15.4. The molecule has 1 amide bonds. The summed E-state index contributed by atoms with van der Waals surface area (Å²) in [6.07, 6.45) is 7.24. The van der Waals surface area contributed by atoms with E-state index in [4.69, 9.17) is 0 Å². The molecule has 7 atom stereocenters. The molecule has 0 aliphatic heterocycles. The van der Waals surface area contributed by atoms with Gasteiger partial charge in [-0.1, -0.05) is 53.2 Å². The minimum absolute atomic E-state index is 0.00287. The first-order valence-corrected chi connectivity index (χ1v) is 15.0. The predicted octanol–water partition coefficient (Wildman–Crippen LogP) is 6.59. The number of rotatable bonds is 4. The van der Waals surface area contributed by atoms with Crippen molar-refractivity contribution in [2.75, 3.05) is 6.54 Å². The van der Waals surface area contributed by atoms with E-state index in [2.05, 4.69) is 39.1 Å². The smallest absolute Gasteiger partial charge is 0.255 e. The summed E-state index contributed by atoms with van der Waals surface area (Å²) in [6, 6.07) is 2.14. The number of hydrogen-bond donors (Lipinski definition) is 1. The molecule has 0 heterocycles. The first-order valence-electron chi connectivity index (χ1n) is 15.0. The third kappa shape index (κ3) is 4.22. The summed E-state index contributed by atoms with van der Waals surface area (Å²) in [7, 11) is 0. The van der Waals surface area contributed by atoms with Crippen molar-refractivity contribution < 1.29 is 23.2 Å². The lowest BCUT2D eigenvalue weighted by atomic mass is 9.38. The van der Waals surface area contributed by atoms with Crippen molar-refractivity contribution in [2.24, 2.45) is 50.7 Å². The van der Waals surface area contributed by atoms with E-state index < -0.39 is 23.8 Å². The van der Waals surface area contributed by atoms with E-state index >= 15 is 0 Å². The van der Waals surface area contributed by atoms with Crippen LogP contribution in [0.25, 0.3) is 0 Å². The van der Waals surface area contributed by atoms with Crippen LogP contribution in [0, 0.1) is 62.1 Å². The molecular formula is C33H44F2N2O3. The highest BCUT2D eigenvalue weighted by Crippen LogP contribution is 2.70. The number of carbonyl (C=O) groups excluding carboxylic acids is 3. The van der Waals surface area contributed by atoms with E-state index in [0.717, 1.165) is 50.5 Å². The average molecular weight is 555 g/mol. The van der Waals surface area contributed by atoms with Crippen molar-refractivity contribution in [1.29, 1.82) is 5.26 Å². The summed E-state index contributed by atoms with van der Waals surface area (Å²) in [4.78, 5) is 40.4. The van der Waals surface area contributed by atoms with Gasteiger partial charge in [-0.15, -0.1) is 0 Å². The Hall–Kier alpha value is -2.36. The molecule has 5 rings (SSSR count). The Morgan fingerprint density at radius 1 is 1.05 bits per heavy atom. The van der Waals surface area contributed by atoms with Crippen molar-refractivity contribution in [3.8, 4) is 6.07 Å². The third-order valence-corrected chi connectivity index (χ3v) is 12.2. The Labute approximate surface area is 237 Å². The number of carbonyl (C=O) groups is 3. The van der Waals surface area contributed by atoms with Gasteiger partial charge in [0.25, 0.3) is 6.43 Å². The molecule has 218 valence electrons. The average Bonchev–Trinajstić information content (AvgIpc) is 2.86. The minimum atomic E-state index is -2.59. The van der Waals surface area contributed by atoms with Gasteiger partial charge in [-0.3, -0.25) is 14.4 Å². The molecule has 5 aliphatic rings. The summed E-state index contributed by atoms with van der Waals surface area (Å²) in [6.45, 7) is 12.1. The Kier molecular flexibility index (Phi) is 6.80. The van der Waals surface area contributed by atoms with Gasteiger partial charge in [0.05, 0.1) is 12.1 Å². The van der Waals surface area contributed by atoms with Crippen LogP contribution in [0.2, 0.25) is 0 Å². The topological polar surface area (TPSA) is 87.0 Å². The maximum atomic E-state index is 14.3. The number of Topliss-reactive ketones (excluding diaryl/α,β-unsaturated/α-hetero) is 1. The number of halogens is 2. The number of nitriles is 1. The Bertz CT molecular complexity index is 1240. The molecule has 0 spiro atoms. The lowest BCUT2D eigenvalue weighted by molar-refractivity contribution is -0.153. The number of alkyl halides is 2. The van der Waals surface area contributed by atoms with Crippen molar-refractivity contribution in [2.45, 2.75) is 99.3 Å². The zero-order valence-electron chi connectivity index (χ0n) is 24.8. The normalized spacial score (nSPS) is 41.4. The molecule has 5 nitrogen and oxygen atoms in total. The van der Waals surface area contributed by atoms with Crippen LogP contribution < -0.4 is 5.32 Å². The van der Waals surface area contributed by atoms with E-state index in [1.165, 1.54) is 0 Å². The maximum Gasteiger partial charge on any atom is 0.255 e. The number of amides is 1. The molecule has 0 bridgehead atoms. The standard InChI is InChI=1S/C33H44F2N2O3/c1-29(2)11-12-33(16-26(39)37-18-25(34)35)10-7-20-27(21(33)15-29)22(38)13-24-31(20,5)9-8-23-30(3,4)28(40)19(17-36)14-32(23,24)6/h13-14,20-21,23,25,27H,7-12,15-16,18H2,1-6H3,(H,37,39). The van der Waals surface area contributed by atoms with Crippen LogP contribution in [0.15, 0.2) is 23.3 Å². The van der Waals surface area contributed by atoms with Crippen molar-refractivity contribution in [3.05, 3.63) is 23.3 Å². The lowest BCUT2D eigenvalue weighted by Gasteiger charge is -2.65. The summed E-state index contributed by atoms with van der Waals surface area (Å²) < 4.78 is 25.7. The minimum Gasteiger partial charge on any atom is -0.350 e. The number of fused-ring (bicyclic) bond motifs is 7. The highest BCUT2D eigenvalue weighted by atomic mass is 19.3. The zero-order valence-corrected chi connectivity index (χ0v) is 24.8. The van der Waals surface area contributed by atoms with Crippen molar-refractivity contribution >= 4 is 17.5 Å². The van der Waals surface area contributed by atoms with Crippen molar-refractivity contribution in [1.82, 2.24) is 5.32 Å². The van der Waals surface area contributed by atoms with Crippen LogP contribution in [-0.4, -0.2) is 30.4 Å². The van der Waals surface area contributed by atoms with Gasteiger partial charge in [-0.05, 0) is 85.0 Å². The van der Waals surface area contributed by atoms with Crippen LogP contribution in [-0.2, 0) is 14.4 Å². The van der Waals surface area contributed by atoms with Gasteiger partial charge in [-0.25, -0.2) is 8.78 Å². The predicted molar refractivity (Wildman–Crippen MR) is 148 cm³/mol. The molecule has 0 aromatic carbocycles.